The Bertz CT molecular complexity index is 642. The third-order valence-electron chi connectivity index (χ3n) is 5.13. The Morgan fingerprint density at radius 1 is 0.406 bits per heavy atom. The van der Waals surface area contributed by atoms with Crippen molar-refractivity contribution in [2.45, 2.75) is 128 Å². The molecule has 0 saturated heterocycles. The molecule has 0 rings (SSSR count). The lowest BCUT2D eigenvalue weighted by Gasteiger charge is -1.99. The standard InChI is InChI=1S/C30H42O2/c1-3-29(31)27-25-23-21-19-17-15-13-11-9-7-5-6-8-10-12-14-16-18-20-22-24-26-28-30(32)4-2/h1-2,29-32H,7-24H2/t29-,30-/m0/s1. The van der Waals surface area contributed by atoms with E-state index < -0.39 is 12.2 Å². The van der Waals surface area contributed by atoms with Gasteiger partial charge in [-0.05, 0) is 25.7 Å². The van der Waals surface area contributed by atoms with Gasteiger partial charge in [0.05, 0.1) is 0 Å². The molecule has 32 heavy (non-hydrogen) atoms. The number of hydrogen-bond acceptors (Lipinski definition) is 2. The lowest BCUT2D eigenvalue weighted by atomic mass is 10.1. The molecule has 2 atom stereocenters. The van der Waals surface area contributed by atoms with E-state index in [4.69, 9.17) is 23.1 Å². The topological polar surface area (TPSA) is 40.5 Å². The minimum absolute atomic E-state index is 0.824. The van der Waals surface area contributed by atoms with Crippen LogP contribution < -0.4 is 0 Å². The van der Waals surface area contributed by atoms with Crippen LogP contribution in [0.25, 0.3) is 0 Å². The predicted molar refractivity (Wildman–Crippen MR) is 136 cm³/mol. The fraction of sp³-hybridized carbons (Fsp3) is 0.667. The van der Waals surface area contributed by atoms with Gasteiger partial charge in [0.1, 0.15) is 0 Å². The molecule has 174 valence electrons. The zero-order valence-corrected chi connectivity index (χ0v) is 19.9. The van der Waals surface area contributed by atoms with Crippen LogP contribution in [0, 0.1) is 60.2 Å². The lowest BCUT2D eigenvalue weighted by Crippen LogP contribution is -1.96. The lowest BCUT2D eigenvalue weighted by molar-refractivity contribution is 0.289. The average Bonchev–Trinajstić information content (AvgIpc) is 2.81. The third kappa shape index (κ3) is 24.0. The first-order chi connectivity index (χ1) is 15.7. The summed E-state index contributed by atoms with van der Waals surface area (Å²) in [5.41, 5.74) is 0. The van der Waals surface area contributed by atoms with Gasteiger partial charge in [-0.2, -0.15) is 0 Å². The zero-order valence-electron chi connectivity index (χ0n) is 19.9. The number of rotatable bonds is 16. The van der Waals surface area contributed by atoms with Gasteiger partial charge in [-0.3, -0.25) is 0 Å². The number of aliphatic hydroxyl groups is 2. The van der Waals surface area contributed by atoms with Crippen LogP contribution in [0.5, 0.6) is 0 Å². The summed E-state index contributed by atoms with van der Waals surface area (Å²) in [6.07, 6.45) is 29.3. The monoisotopic (exact) mass is 434 g/mol. The van der Waals surface area contributed by atoms with E-state index in [1.165, 1.54) is 77.0 Å². The second-order valence-electron chi connectivity index (χ2n) is 8.08. The molecule has 0 fully saturated rings. The third-order valence-corrected chi connectivity index (χ3v) is 5.13. The van der Waals surface area contributed by atoms with Gasteiger partial charge in [-0.25, -0.2) is 0 Å². The molecular weight excluding hydrogens is 392 g/mol. The van der Waals surface area contributed by atoms with Gasteiger partial charge in [-0.15, -0.1) is 24.7 Å². The van der Waals surface area contributed by atoms with Crippen LogP contribution in [0.15, 0.2) is 0 Å². The first-order valence-corrected chi connectivity index (χ1v) is 12.4. The molecule has 2 N–H and O–H groups in total. The minimum atomic E-state index is -0.909. The summed E-state index contributed by atoms with van der Waals surface area (Å²) < 4.78 is 0. The molecule has 0 spiro atoms. The second-order valence-corrected chi connectivity index (χ2v) is 8.08. The highest BCUT2D eigenvalue weighted by molar-refractivity contribution is 5.16. The highest BCUT2D eigenvalue weighted by Gasteiger charge is 1.93. The second kappa shape index (κ2) is 25.0. The van der Waals surface area contributed by atoms with Crippen molar-refractivity contribution in [3.05, 3.63) is 0 Å². The van der Waals surface area contributed by atoms with Crippen molar-refractivity contribution in [2.75, 3.05) is 0 Å². The van der Waals surface area contributed by atoms with Gasteiger partial charge >= 0.3 is 0 Å². The van der Waals surface area contributed by atoms with Crippen LogP contribution in [0.2, 0.25) is 0 Å². The van der Waals surface area contributed by atoms with E-state index in [2.05, 4.69) is 47.4 Å². The van der Waals surface area contributed by atoms with Gasteiger partial charge in [0.25, 0.3) is 0 Å². The van der Waals surface area contributed by atoms with Crippen LogP contribution in [-0.4, -0.2) is 22.4 Å². The molecule has 0 aliphatic carbocycles. The van der Waals surface area contributed by atoms with Crippen molar-refractivity contribution in [1.82, 2.24) is 0 Å². The quantitative estimate of drug-likeness (QED) is 0.231. The van der Waals surface area contributed by atoms with Gasteiger partial charge in [0, 0.05) is 25.7 Å². The molecule has 2 nitrogen and oxygen atoms in total. The molecule has 0 aliphatic rings. The number of aliphatic hydroxyl groups excluding tert-OH is 2. The summed E-state index contributed by atoms with van der Waals surface area (Å²) in [6.45, 7) is 0. The maximum Gasteiger partial charge on any atom is 0.176 e. The van der Waals surface area contributed by atoms with Crippen LogP contribution in [0.1, 0.15) is 116 Å². The summed E-state index contributed by atoms with van der Waals surface area (Å²) in [4.78, 5) is 0. The van der Waals surface area contributed by atoms with Crippen molar-refractivity contribution < 1.29 is 10.2 Å². The first-order valence-electron chi connectivity index (χ1n) is 12.4. The van der Waals surface area contributed by atoms with E-state index in [1.54, 1.807) is 0 Å². The first kappa shape index (κ1) is 29.7. The van der Waals surface area contributed by atoms with Gasteiger partial charge in [0.15, 0.2) is 12.2 Å². The largest absolute Gasteiger partial charge is 0.369 e. The molecule has 2 heteroatoms. The maximum atomic E-state index is 9.11. The van der Waals surface area contributed by atoms with Crippen molar-refractivity contribution in [1.29, 1.82) is 0 Å². The van der Waals surface area contributed by atoms with Gasteiger partial charge in [-0.1, -0.05) is 99.7 Å². The minimum Gasteiger partial charge on any atom is -0.369 e. The summed E-state index contributed by atoms with van der Waals surface area (Å²) >= 11 is 0. The van der Waals surface area contributed by atoms with Gasteiger partial charge in [0.2, 0.25) is 0 Å². The van der Waals surface area contributed by atoms with Crippen molar-refractivity contribution in [3.63, 3.8) is 0 Å². The summed E-state index contributed by atoms with van der Waals surface area (Å²) in [6, 6.07) is 0. The Morgan fingerprint density at radius 2 is 0.656 bits per heavy atom. The Kier molecular flexibility index (Phi) is 23.2. The van der Waals surface area contributed by atoms with Crippen molar-refractivity contribution in [3.8, 4) is 60.2 Å². The van der Waals surface area contributed by atoms with Gasteiger partial charge < -0.3 is 10.2 Å². The van der Waals surface area contributed by atoms with E-state index in [1.807, 2.05) is 0 Å². The highest BCUT2D eigenvalue weighted by atomic mass is 16.3. The molecule has 0 aromatic heterocycles. The molecule has 0 aromatic carbocycles. The zero-order chi connectivity index (χ0) is 23.5. The highest BCUT2D eigenvalue weighted by Crippen LogP contribution is 2.10. The van der Waals surface area contributed by atoms with Crippen LogP contribution in [-0.2, 0) is 0 Å². The Labute approximate surface area is 198 Å². The molecule has 0 saturated carbocycles. The Hall–Kier alpha value is -2.28. The molecule has 0 heterocycles. The van der Waals surface area contributed by atoms with Crippen LogP contribution >= 0.6 is 0 Å². The molecule has 0 aromatic rings. The average molecular weight is 435 g/mol. The Balaban J connectivity index is 3.27. The van der Waals surface area contributed by atoms with Crippen LogP contribution in [0.3, 0.4) is 0 Å². The Morgan fingerprint density at radius 3 is 0.938 bits per heavy atom. The molecule has 0 radical (unpaired) electrons. The number of hydrogen-bond donors (Lipinski definition) is 2. The molecule has 0 aliphatic heterocycles. The molecule has 0 unspecified atom stereocenters. The summed E-state index contributed by atoms with van der Waals surface area (Å²) in [7, 11) is 0. The summed E-state index contributed by atoms with van der Waals surface area (Å²) in [5.74, 6) is 22.2. The van der Waals surface area contributed by atoms with E-state index in [9.17, 15) is 0 Å². The van der Waals surface area contributed by atoms with E-state index in [-0.39, 0.29) is 0 Å². The molecule has 0 amide bonds. The van der Waals surface area contributed by atoms with Crippen molar-refractivity contribution in [2.24, 2.45) is 0 Å². The normalized spacial score (nSPS) is 11.4. The maximum absolute atomic E-state index is 9.11. The molecular formula is C30H42O2. The summed E-state index contributed by atoms with van der Waals surface area (Å²) in [5, 5.41) is 18.2. The molecule has 0 bridgehead atoms. The van der Waals surface area contributed by atoms with Crippen LogP contribution in [0.4, 0.5) is 0 Å². The van der Waals surface area contributed by atoms with Crippen molar-refractivity contribution >= 4 is 0 Å². The predicted octanol–water partition coefficient (Wildman–Crippen LogP) is 6.01. The van der Waals surface area contributed by atoms with E-state index in [0.717, 1.165) is 38.5 Å². The fourth-order valence-corrected chi connectivity index (χ4v) is 3.22. The van der Waals surface area contributed by atoms with E-state index in [0.29, 0.717) is 0 Å². The SMILES string of the molecule is C#C[C@H](O)C#CCCCCCCCCCC#CCCCCCCCCCC#C[C@@H](O)C#C. The number of terminal acetylenes is 2. The van der Waals surface area contributed by atoms with E-state index >= 15 is 0 Å². The number of unbranched alkanes of at least 4 members (excludes halogenated alkanes) is 16. The fourth-order valence-electron chi connectivity index (χ4n) is 3.22. The smallest absolute Gasteiger partial charge is 0.176 e.